The molecule has 6 rings (SSSR count). The average molecular weight is 515 g/mol. The minimum Gasteiger partial charge on any atom is -0.506 e. The first kappa shape index (κ1) is 24.4. The molecule has 192 valence electrons. The number of fused-ring (bicyclic) bond motifs is 1. The second kappa shape index (κ2) is 9.72. The molecule has 4 aromatic carbocycles. The summed E-state index contributed by atoms with van der Waals surface area (Å²) in [5.41, 5.74) is 4.85. The minimum absolute atomic E-state index is 0.107. The third kappa shape index (κ3) is 4.20. The summed E-state index contributed by atoms with van der Waals surface area (Å²) in [7, 11) is 0. The maximum atomic E-state index is 14.0. The molecule has 39 heavy (non-hydrogen) atoms. The van der Waals surface area contributed by atoms with E-state index in [1.54, 1.807) is 24.3 Å². The lowest BCUT2D eigenvalue weighted by Crippen LogP contribution is -2.15. The molecule has 2 N–H and O–H groups in total. The molecule has 0 radical (unpaired) electrons. The second-order valence-corrected chi connectivity index (χ2v) is 9.73. The van der Waals surface area contributed by atoms with Gasteiger partial charge in [0.25, 0.3) is 5.91 Å². The number of benzene rings is 4. The number of oxazole rings is 1. The van der Waals surface area contributed by atoms with Gasteiger partial charge in [0, 0.05) is 22.6 Å². The maximum Gasteiger partial charge on any atom is 0.255 e. The van der Waals surface area contributed by atoms with Gasteiger partial charge in [0.1, 0.15) is 11.5 Å². The Morgan fingerprint density at radius 3 is 2.15 bits per heavy atom. The van der Waals surface area contributed by atoms with Crippen LogP contribution in [0.3, 0.4) is 0 Å². The van der Waals surface area contributed by atoms with Gasteiger partial charge in [-0.2, -0.15) is 0 Å². The van der Waals surface area contributed by atoms with Gasteiger partial charge in [-0.25, -0.2) is 4.98 Å². The highest BCUT2D eigenvalue weighted by molar-refractivity contribution is 6.10. The van der Waals surface area contributed by atoms with E-state index in [9.17, 15) is 14.7 Å². The Bertz CT molecular complexity index is 1690. The third-order valence-electron chi connectivity index (χ3n) is 7.38. The molecular weight excluding hydrogens is 488 g/mol. The van der Waals surface area contributed by atoms with E-state index in [-0.39, 0.29) is 23.1 Å². The van der Waals surface area contributed by atoms with Gasteiger partial charge in [0.2, 0.25) is 5.89 Å². The van der Waals surface area contributed by atoms with Crippen molar-refractivity contribution in [1.29, 1.82) is 0 Å². The number of amides is 1. The summed E-state index contributed by atoms with van der Waals surface area (Å²) >= 11 is 0. The number of nitrogens with one attached hydrogen (secondary N) is 1. The highest BCUT2D eigenvalue weighted by atomic mass is 16.4. The Hall–Kier alpha value is -4.97. The van der Waals surface area contributed by atoms with Crippen molar-refractivity contribution < 1.29 is 19.1 Å². The summed E-state index contributed by atoms with van der Waals surface area (Å²) in [6, 6.07) is 29.5. The van der Waals surface area contributed by atoms with E-state index >= 15 is 0 Å². The number of phenolic OH excluding ortho intramolecular Hbond substituents is 1. The van der Waals surface area contributed by atoms with Gasteiger partial charge in [-0.3, -0.25) is 9.59 Å². The number of carbonyl (C=O) groups is 2. The fourth-order valence-electron chi connectivity index (χ4n) is 5.54. The van der Waals surface area contributed by atoms with Crippen LogP contribution in [-0.4, -0.2) is 21.8 Å². The number of carbonyl (C=O) groups excluding carboxylic acids is 2. The van der Waals surface area contributed by atoms with E-state index in [1.165, 1.54) is 6.07 Å². The zero-order chi connectivity index (χ0) is 27.1. The molecule has 0 bridgehead atoms. The summed E-state index contributed by atoms with van der Waals surface area (Å²) in [4.78, 5) is 31.9. The van der Waals surface area contributed by atoms with Crippen molar-refractivity contribution in [3.05, 3.63) is 136 Å². The fourth-order valence-corrected chi connectivity index (χ4v) is 5.54. The van der Waals surface area contributed by atoms with Gasteiger partial charge < -0.3 is 14.8 Å². The zero-order valence-electron chi connectivity index (χ0n) is 21.5. The summed E-state index contributed by atoms with van der Waals surface area (Å²) in [6.07, 6.45) is 0. The van der Waals surface area contributed by atoms with Crippen LogP contribution in [0.5, 0.6) is 5.75 Å². The van der Waals surface area contributed by atoms with Crippen molar-refractivity contribution in [2.24, 2.45) is 0 Å². The highest BCUT2D eigenvalue weighted by Gasteiger charge is 2.46. The van der Waals surface area contributed by atoms with Gasteiger partial charge in [-0.15, -0.1) is 0 Å². The molecule has 1 aliphatic rings. The Kier molecular flexibility index (Phi) is 6.08. The number of ketones is 1. The smallest absolute Gasteiger partial charge is 0.255 e. The summed E-state index contributed by atoms with van der Waals surface area (Å²) in [5, 5.41) is 13.9. The number of rotatable bonds is 5. The molecule has 0 saturated heterocycles. The molecule has 6 nitrogen and oxygen atoms in total. The maximum absolute atomic E-state index is 14.0. The first-order valence-corrected chi connectivity index (χ1v) is 12.8. The predicted molar refractivity (Wildman–Crippen MR) is 149 cm³/mol. The van der Waals surface area contributed by atoms with Crippen LogP contribution in [0.2, 0.25) is 0 Å². The molecule has 1 aliphatic carbocycles. The first-order valence-electron chi connectivity index (χ1n) is 12.8. The van der Waals surface area contributed by atoms with Crippen LogP contribution >= 0.6 is 0 Å². The van der Waals surface area contributed by atoms with Gasteiger partial charge >= 0.3 is 0 Å². The SMILES string of the molecule is Cc1oc(-c2ccccc2)nc1[C@@H]1c2c(cc(O)c(NC(=O)c3ccccc3)c2C)C(=O)[C@H]1c1ccccc1. The van der Waals surface area contributed by atoms with Crippen LogP contribution in [0.15, 0.2) is 101 Å². The molecule has 2 atom stereocenters. The number of phenols is 1. The monoisotopic (exact) mass is 514 g/mol. The van der Waals surface area contributed by atoms with E-state index in [0.717, 1.165) is 16.7 Å². The summed E-state index contributed by atoms with van der Waals surface area (Å²) in [5.74, 6) is -0.552. The third-order valence-corrected chi connectivity index (χ3v) is 7.38. The van der Waals surface area contributed by atoms with Gasteiger partial charge in [0.05, 0.1) is 17.3 Å². The Morgan fingerprint density at radius 2 is 1.49 bits per heavy atom. The molecule has 1 heterocycles. The Morgan fingerprint density at radius 1 is 0.872 bits per heavy atom. The first-order chi connectivity index (χ1) is 18.9. The lowest BCUT2D eigenvalue weighted by Gasteiger charge is -2.21. The lowest BCUT2D eigenvalue weighted by atomic mass is 9.82. The van der Waals surface area contributed by atoms with E-state index in [1.807, 2.05) is 80.6 Å². The number of hydrogen-bond donors (Lipinski definition) is 2. The van der Waals surface area contributed by atoms with Crippen molar-refractivity contribution in [2.45, 2.75) is 25.7 Å². The van der Waals surface area contributed by atoms with Gasteiger partial charge in [-0.1, -0.05) is 66.7 Å². The van der Waals surface area contributed by atoms with Crippen molar-refractivity contribution in [2.75, 3.05) is 5.32 Å². The van der Waals surface area contributed by atoms with Crippen molar-refractivity contribution in [1.82, 2.24) is 4.98 Å². The number of anilines is 1. The van der Waals surface area contributed by atoms with Gasteiger partial charge in [-0.05, 0) is 60.9 Å². The van der Waals surface area contributed by atoms with Crippen molar-refractivity contribution >= 4 is 17.4 Å². The molecule has 6 heteroatoms. The van der Waals surface area contributed by atoms with Crippen LogP contribution in [0.4, 0.5) is 5.69 Å². The van der Waals surface area contributed by atoms with Gasteiger partial charge in [0.15, 0.2) is 5.78 Å². The van der Waals surface area contributed by atoms with E-state index in [2.05, 4.69) is 5.32 Å². The van der Waals surface area contributed by atoms with E-state index in [0.29, 0.717) is 34.0 Å². The normalized spacial score (nSPS) is 16.2. The van der Waals surface area contributed by atoms with Crippen LogP contribution in [0.1, 0.15) is 60.7 Å². The molecule has 1 amide bonds. The quantitative estimate of drug-likeness (QED) is 0.246. The second-order valence-electron chi connectivity index (χ2n) is 9.73. The van der Waals surface area contributed by atoms with Crippen LogP contribution in [0.25, 0.3) is 11.5 Å². The van der Waals surface area contributed by atoms with Crippen molar-refractivity contribution in [3.8, 4) is 17.2 Å². The molecule has 0 aliphatic heterocycles. The Labute approximate surface area is 226 Å². The number of hydrogen-bond acceptors (Lipinski definition) is 5. The van der Waals surface area contributed by atoms with Crippen LogP contribution in [-0.2, 0) is 0 Å². The summed E-state index contributed by atoms with van der Waals surface area (Å²) in [6.45, 7) is 3.67. The minimum atomic E-state index is -0.563. The average Bonchev–Trinajstić information content (AvgIpc) is 3.49. The zero-order valence-corrected chi connectivity index (χ0v) is 21.5. The lowest BCUT2D eigenvalue weighted by molar-refractivity contribution is 0.0966. The molecule has 0 spiro atoms. The van der Waals surface area contributed by atoms with Crippen molar-refractivity contribution in [3.63, 3.8) is 0 Å². The molecular formula is C33H26N2O4. The number of aromatic nitrogens is 1. The molecule has 0 unspecified atom stereocenters. The number of aromatic hydroxyl groups is 1. The predicted octanol–water partition coefficient (Wildman–Crippen LogP) is 7.03. The number of aryl methyl sites for hydroxylation is 1. The topological polar surface area (TPSA) is 92.4 Å². The molecule has 0 saturated carbocycles. The number of Topliss-reactive ketones (excluding diaryl/α,β-unsaturated/α-hetero) is 1. The molecule has 0 fully saturated rings. The van der Waals surface area contributed by atoms with Crippen LogP contribution in [0, 0.1) is 13.8 Å². The molecule has 5 aromatic rings. The van der Waals surface area contributed by atoms with E-state index in [4.69, 9.17) is 9.40 Å². The Balaban J connectivity index is 1.52. The highest BCUT2D eigenvalue weighted by Crippen LogP contribution is 2.52. The van der Waals surface area contributed by atoms with Crippen LogP contribution < -0.4 is 5.32 Å². The van der Waals surface area contributed by atoms with E-state index < -0.39 is 11.8 Å². The standard InChI is InChI=1S/C33H26N2O4/c1-19-26-24(18-25(36)29(19)34-32(38)22-14-8-4-9-15-22)31(37)27(21-12-6-3-7-13-21)28(26)30-20(2)39-33(35-30)23-16-10-5-11-17-23/h3-18,27-28,36H,1-2H3,(H,34,38)/t27-,28+/m0/s1. The number of nitrogens with zero attached hydrogens (tertiary/aromatic N) is 1. The fraction of sp³-hybridized carbons (Fsp3) is 0.121. The largest absolute Gasteiger partial charge is 0.506 e. The summed E-state index contributed by atoms with van der Waals surface area (Å²) < 4.78 is 6.12. The molecule has 1 aromatic heterocycles.